The Morgan fingerprint density at radius 2 is 2.00 bits per heavy atom. The number of unbranched alkanes of at least 4 members (excludes halogenated alkanes) is 2. The van der Waals surface area contributed by atoms with Gasteiger partial charge in [0, 0.05) is 6.08 Å². The fourth-order valence-electron chi connectivity index (χ4n) is 1.86. The van der Waals surface area contributed by atoms with Gasteiger partial charge in [-0.1, -0.05) is 32.8 Å². The summed E-state index contributed by atoms with van der Waals surface area (Å²) in [5.74, 6) is -0.0493. The second kappa shape index (κ2) is 9.18. The minimum atomic E-state index is -0.312. The zero-order valence-electron chi connectivity index (χ0n) is 12.4. The first-order valence-corrected chi connectivity index (χ1v) is 7.34. The van der Waals surface area contributed by atoms with Crippen molar-refractivity contribution >= 4 is 12.0 Å². The van der Waals surface area contributed by atoms with E-state index in [-0.39, 0.29) is 11.7 Å². The Hall–Kier alpha value is -1.77. The van der Waals surface area contributed by atoms with E-state index >= 15 is 0 Å². The molecule has 0 saturated carbocycles. The molecule has 0 aliphatic carbocycles. The largest absolute Gasteiger partial charge is 0.508 e. The molecule has 0 atom stereocenters. The molecule has 1 aromatic rings. The highest BCUT2D eigenvalue weighted by Crippen LogP contribution is 2.20. The number of ether oxygens (including phenoxy) is 1. The first-order chi connectivity index (χ1) is 9.67. The zero-order valence-corrected chi connectivity index (χ0v) is 12.4. The van der Waals surface area contributed by atoms with Crippen molar-refractivity contribution in [2.24, 2.45) is 0 Å². The van der Waals surface area contributed by atoms with Gasteiger partial charge in [-0.2, -0.15) is 0 Å². The van der Waals surface area contributed by atoms with Crippen LogP contribution in [0, 0.1) is 0 Å². The molecule has 20 heavy (non-hydrogen) atoms. The lowest BCUT2D eigenvalue weighted by molar-refractivity contribution is -0.137. The van der Waals surface area contributed by atoms with Crippen LogP contribution < -0.4 is 0 Å². The summed E-state index contributed by atoms with van der Waals surface area (Å²) < 4.78 is 5.07. The van der Waals surface area contributed by atoms with Crippen molar-refractivity contribution in [2.75, 3.05) is 6.61 Å². The highest BCUT2D eigenvalue weighted by molar-refractivity contribution is 5.87. The maximum Gasteiger partial charge on any atom is 0.330 e. The number of hydrogen-bond donors (Lipinski definition) is 1. The SMILES string of the molecule is CCCCOC(=O)C=Cc1ccc(O)cc1CCCC. The van der Waals surface area contributed by atoms with E-state index in [0.29, 0.717) is 6.61 Å². The molecule has 0 saturated heterocycles. The van der Waals surface area contributed by atoms with Crippen LogP contribution in [-0.2, 0) is 16.0 Å². The van der Waals surface area contributed by atoms with Gasteiger partial charge in [-0.25, -0.2) is 4.79 Å². The lowest BCUT2D eigenvalue weighted by Gasteiger charge is -2.06. The summed E-state index contributed by atoms with van der Waals surface area (Å²) in [5.41, 5.74) is 2.02. The molecule has 0 unspecified atom stereocenters. The predicted molar refractivity (Wildman–Crippen MR) is 81.6 cm³/mol. The van der Waals surface area contributed by atoms with E-state index in [1.165, 1.54) is 6.08 Å². The van der Waals surface area contributed by atoms with E-state index in [0.717, 1.165) is 43.2 Å². The number of carbonyl (C=O) groups excluding carboxylic acids is 1. The summed E-state index contributed by atoms with van der Waals surface area (Å²) in [6, 6.07) is 5.23. The van der Waals surface area contributed by atoms with Crippen LogP contribution in [0.5, 0.6) is 5.75 Å². The Morgan fingerprint density at radius 3 is 2.70 bits per heavy atom. The number of aryl methyl sites for hydroxylation is 1. The molecule has 110 valence electrons. The number of esters is 1. The molecule has 3 heteroatoms. The third-order valence-corrected chi connectivity index (χ3v) is 3.07. The van der Waals surface area contributed by atoms with Crippen LogP contribution in [0.1, 0.15) is 50.7 Å². The molecule has 0 bridgehead atoms. The number of phenolic OH excluding ortho intramolecular Hbond substituents is 1. The van der Waals surface area contributed by atoms with Crippen molar-refractivity contribution in [3.8, 4) is 5.75 Å². The molecule has 0 radical (unpaired) electrons. The molecule has 1 rings (SSSR count). The third kappa shape index (κ3) is 5.91. The van der Waals surface area contributed by atoms with E-state index in [1.54, 1.807) is 18.2 Å². The molecule has 0 spiro atoms. The maximum absolute atomic E-state index is 11.5. The minimum absolute atomic E-state index is 0.263. The van der Waals surface area contributed by atoms with Crippen LogP contribution in [0.25, 0.3) is 6.08 Å². The number of aromatic hydroxyl groups is 1. The smallest absolute Gasteiger partial charge is 0.330 e. The first kappa shape index (κ1) is 16.3. The Balaban J connectivity index is 2.67. The highest BCUT2D eigenvalue weighted by Gasteiger charge is 2.02. The van der Waals surface area contributed by atoms with Gasteiger partial charge in [0.15, 0.2) is 0 Å². The molecular formula is C17H24O3. The van der Waals surface area contributed by atoms with Gasteiger partial charge in [0.1, 0.15) is 5.75 Å². The topological polar surface area (TPSA) is 46.5 Å². The monoisotopic (exact) mass is 276 g/mol. The van der Waals surface area contributed by atoms with Gasteiger partial charge in [-0.3, -0.25) is 0 Å². The summed E-state index contributed by atoms with van der Waals surface area (Å²) >= 11 is 0. The molecule has 0 fully saturated rings. The van der Waals surface area contributed by atoms with Crippen molar-refractivity contribution < 1.29 is 14.6 Å². The fourth-order valence-corrected chi connectivity index (χ4v) is 1.86. The van der Waals surface area contributed by atoms with Gasteiger partial charge in [-0.05, 0) is 48.6 Å². The Morgan fingerprint density at radius 1 is 1.25 bits per heavy atom. The average molecular weight is 276 g/mol. The summed E-state index contributed by atoms with van der Waals surface area (Å²) in [6.45, 7) is 4.65. The summed E-state index contributed by atoms with van der Waals surface area (Å²) in [6.07, 6.45) is 8.17. The van der Waals surface area contributed by atoms with Crippen molar-refractivity contribution in [3.05, 3.63) is 35.4 Å². The highest BCUT2D eigenvalue weighted by atomic mass is 16.5. The van der Waals surface area contributed by atoms with E-state index in [4.69, 9.17) is 4.74 Å². The Kier molecular flexibility index (Phi) is 7.48. The fraction of sp³-hybridized carbons (Fsp3) is 0.471. The number of hydrogen-bond acceptors (Lipinski definition) is 3. The Bertz CT molecular complexity index is 450. The number of carbonyl (C=O) groups is 1. The molecule has 0 amide bonds. The minimum Gasteiger partial charge on any atom is -0.508 e. The summed E-state index contributed by atoms with van der Waals surface area (Å²) in [4.78, 5) is 11.5. The molecule has 0 heterocycles. The van der Waals surface area contributed by atoms with E-state index in [1.807, 2.05) is 6.07 Å². The zero-order chi connectivity index (χ0) is 14.8. The van der Waals surface area contributed by atoms with E-state index in [2.05, 4.69) is 13.8 Å². The van der Waals surface area contributed by atoms with Crippen molar-refractivity contribution in [1.82, 2.24) is 0 Å². The van der Waals surface area contributed by atoms with Gasteiger partial charge >= 0.3 is 5.97 Å². The second-order valence-electron chi connectivity index (χ2n) is 4.84. The third-order valence-electron chi connectivity index (χ3n) is 3.07. The Labute approximate surface area is 121 Å². The lowest BCUT2D eigenvalue weighted by Crippen LogP contribution is -2.01. The van der Waals surface area contributed by atoms with Crippen molar-refractivity contribution in [2.45, 2.75) is 46.0 Å². The lowest BCUT2D eigenvalue weighted by atomic mass is 10.0. The average Bonchev–Trinajstić information content (AvgIpc) is 2.44. The van der Waals surface area contributed by atoms with Crippen molar-refractivity contribution in [1.29, 1.82) is 0 Å². The molecule has 1 aromatic carbocycles. The normalized spacial score (nSPS) is 10.9. The van der Waals surface area contributed by atoms with Crippen LogP contribution in [0.15, 0.2) is 24.3 Å². The number of rotatable bonds is 8. The maximum atomic E-state index is 11.5. The summed E-state index contributed by atoms with van der Waals surface area (Å²) in [5, 5.41) is 9.54. The van der Waals surface area contributed by atoms with Crippen LogP contribution >= 0.6 is 0 Å². The quantitative estimate of drug-likeness (QED) is 0.442. The molecule has 0 aromatic heterocycles. The van der Waals surface area contributed by atoms with E-state index in [9.17, 15) is 9.90 Å². The standard InChI is InChI=1S/C17H24O3/c1-3-5-7-15-13-16(18)10-8-14(15)9-11-17(19)20-12-6-4-2/h8-11,13,18H,3-7,12H2,1-2H3. The van der Waals surface area contributed by atoms with Gasteiger partial charge in [0.2, 0.25) is 0 Å². The molecule has 3 nitrogen and oxygen atoms in total. The second-order valence-corrected chi connectivity index (χ2v) is 4.84. The van der Waals surface area contributed by atoms with Crippen LogP contribution in [0.2, 0.25) is 0 Å². The number of phenols is 1. The molecule has 0 aliphatic heterocycles. The van der Waals surface area contributed by atoms with Crippen LogP contribution in [0.3, 0.4) is 0 Å². The molecule has 0 aliphatic rings. The van der Waals surface area contributed by atoms with Crippen LogP contribution in [0.4, 0.5) is 0 Å². The van der Waals surface area contributed by atoms with Gasteiger partial charge in [0.25, 0.3) is 0 Å². The van der Waals surface area contributed by atoms with Crippen molar-refractivity contribution in [3.63, 3.8) is 0 Å². The van der Waals surface area contributed by atoms with Crippen LogP contribution in [-0.4, -0.2) is 17.7 Å². The number of benzene rings is 1. The molecule has 1 N–H and O–H groups in total. The van der Waals surface area contributed by atoms with Gasteiger partial charge < -0.3 is 9.84 Å². The van der Waals surface area contributed by atoms with Gasteiger partial charge in [-0.15, -0.1) is 0 Å². The van der Waals surface area contributed by atoms with Gasteiger partial charge in [0.05, 0.1) is 6.61 Å². The predicted octanol–water partition coefficient (Wildman–Crippen LogP) is 4.09. The summed E-state index contributed by atoms with van der Waals surface area (Å²) in [7, 11) is 0. The van der Waals surface area contributed by atoms with E-state index < -0.39 is 0 Å². The molecular weight excluding hydrogens is 252 g/mol. The first-order valence-electron chi connectivity index (χ1n) is 7.34.